The third-order valence-corrected chi connectivity index (χ3v) is 15.8. The molecule has 2 saturated heterocycles. The largest absolute Gasteiger partial charge is 0.392 e. The first-order valence-corrected chi connectivity index (χ1v) is 39.6. The van der Waals surface area contributed by atoms with Gasteiger partial charge in [0.2, 0.25) is 0 Å². The molecular formula is C89H124Br2N10O9S. The summed E-state index contributed by atoms with van der Waals surface area (Å²) >= 11 is 6.17. The number of allylic oxidation sites excluding steroid dienone is 4. The molecule has 0 bridgehead atoms. The third-order valence-electron chi connectivity index (χ3n) is 13.9. The lowest BCUT2D eigenvalue weighted by Crippen LogP contribution is -2.39. The lowest BCUT2D eigenvalue weighted by molar-refractivity contribution is 0.0125. The molecule has 2 aliphatic rings. The van der Waals surface area contributed by atoms with Crippen LogP contribution in [0.4, 0.5) is 0 Å². The van der Waals surface area contributed by atoms with Crippen LogP contribution in [0.1, 0.15) is 135 Å². The van der Waals surface area contributed by atoms with Gasteiger partial charge in [-0.25, -0.2) is 0 Å². The number of aromatic nitrogens is 8. The van der Waals surface area contributed by atoms with Crippen molar-refractivity contribution >= 4 is 54.1 Å². The Morgan fingerprint density at radius 1 is 0.441 bits per heavy atom. The van der Waals surface area contributed by atoms with Crippen LogP contribution >= 0.6 is 31.9 Å². The van der Waals surface area contributed by atoms with Crippen LogP contribution in [0.15, 0.2) is 302 Å². The summed E-state index contributed by atoms with van der Waals surface area (Å²) in [5, 5.41) is 41.3. The molecule has 11 rings (SSSR count). The number of aliphatic hydroxyl groups excluding tert-OH is 4. The lowest BCUT2D eigenvalue weighted by Gasteiger charge is -2.28. The normalized spacial score (nSPS) is 13.4. The number of hydrogen-bond donors (Lipinski definition) is 6. The number of rotatable bonds is 17. The maximum atomic E-state index is 12.1. The van der Waals surface area contributed by atoms with E-state index in [1.165, 1.54) is 28.8 Å². The van der Waals surface area contributed by atoms with E-state index in [1.807, 2.05) is 114 Å². The minimum Gasteiger partial charge on any atom is -0.392 e. The molecule has 0 saturated carbocycles. The standard InChI is InChI=1S/C15H15NO3S.2C12H18N2O.C8H9NO.C7H9N.C6H6BrNO.2C6H7NO.4C3H6.2C2H4.CH3Br/c1-3-13-10-16-9-8-14(13)11-19-20(17,18)15-6-4-12(2)5-7-15;2*1-10-8-12(4-7-14-10)15-9-11-2-5-13-6-3-11;1-2-7-5-9-4-3-8(7)6-10;1-2-7-3-5-8-6-4-7;7-6-3-8-2-1-5(6)4-9;2*8-5-6-1-3-7-4-2-6;4*1-3-2;3*1-2/h3-10H,1,11H2,2H3;2*2-3,5-6,10,12,14H,4,7-9H2,1H3;2-5,10H,1,6H2;3-6H,2H2,1H3;1-3,9H,4H2;2*1-4,8H,5H2;4*3H,1H2,2H3;2*1-2H2;1H3. The molecule has 0 aliphatic carbocycles. The minimum absolute atomic E-state index is 0.0416. The fourth-order valence-electron chi connectivity index (χ4n) is 8.42. The zero-order valence-corrected chi connectivity index (χ0v) is 70.9. The highest BCUT2D eigenvalue weighted by atomic mass is 79.9. The minimum atomic E-state index is -3.75. The summed E-state index contributed by atoms with van der Waals surface area (Å²) in [7, 11) is -3.75. The van der Waals surface area contributed by atoms with Crippen molar-refractivity contribution in [3.05, 3.63) is 358 Å². The summed E-state index contributed by atoms with van der Waals surface area (Å²) in [6.07, 6.45) is 44.0. The average Bonchev–Trinajstić information content (AvgIpc) is 0.832. The summed E-state index contributed by atoms with van der Waals surface area (Å²) in [5.41, 5.74) is 10.7. The van der Waals surface area contributed by atoms with Gasteiger partial charge in [-0.15, -0.1) is 52.6 Å². The molecule has 6 N–H and O–H groups in total. The van der Waals surface area contributed by atoms with Gasteiger partial charge in [0, 0.05) is 116 Å². The number of benzene rings is 1. The van der Waals surface area contributed by atoms with E-state index in [-0.39, 0.29) is 37.9 Å². The monoisotopic (exact) mass is 1670 g/mol. The van der Waals surface area contributed by atoms with Crippen LogP contribution in [-0.2, 0) is 76.4 Å². The van der Waals surface area contributed by atoms with Gasteiger partial charge in [-0.05, 0) is 262 Å². The Morgan fingerprint density at radius 2 is 0.748 bits per heavy atom. The summed E-state index contributed by atoms with van der Waals surface area (Å²) < 4.78 is 41.8. The highest BCUT2D eigenvalue weighted by molar-refractivity contribution is 9.10. The van der Waals surface area contributed by atoms with Crippen LogP contribution in [0.5, 0.6) is 0 Å². The van der Waals surface area contributed by atoms with Crippen molar-refractivity contribution in [2.45, 2.75) is 163 Å². The molecule has 0 radical (unpaired) electrons. The number of aliphatic hydroxyl groups is 4. The van der Waals surface area contributed by atoms with E-state index in [0.717, 1.165) is 94.2 Å². The second kappa shape index (κ2) is 77.6. The van der Waals surface area contributed by atoms with Gasteiger partial charge in [0.1, 0.15) is 0 Å². The zero-order chi connectivity index (χ0) is 84.0. The fourth-order valence-corrected chi connectivity index (χ4v) is 9.68. The van der Waals surface area contributed by atoms with Gasteiger partial charge in [-0.3, -0.25) is 44.1 Å². The van der Waals surface area contributed by atoms with Crippen LogP contribution in [0, 0.1) is 6.92 Å². The van der Waals surface area contributed by atoms with Crippen LogP contribution in [0.2, 0.25) is 0 Å². The summed E-state index contributed by atoms with van der Waals surface area (Å²) in [6.45, 7) is 52.5. The van der Waals surface area contributed by atoms with Gasteiger partial charge < -0.3 is 40.5 Å². The number of nitrogens with zero attached hydrogens (tertiary/aromatic N) is 8. The molecule has 4 unspecified atom stereocenters. The molecule has 8 aromatic heterocycles. The number of ether oxygens (including phenoxy) is 2. The average molecular weight is 1670 g/mol. The molecule has 604 valence electrons. The quantitative estimate of drug-likeness (QED) is 0.0281. The number of alkyl halides is 1. The van der Waals surface area contributed by atoms with E-state index in [9.17, 15) is 8.42 Å². The van der Waals surface area contributed by atoms with E-state index < -0.39 is 10.1 Å². The lowest BCUT2D eigenvalue weighted by atomic mass is 10.0. The molecule has 4 atom stereocenters. The molecule has 10 heterocycles. The summed E-state index contributed by atoms with van der Waals surface area (Å²) in [4.78, 5) is 31.3. The van der Waals surface area contributed by atoms with Gasteiger partial charge in [0.05, 0.1) is 63.4 Å². The smallest absolute Gasteiger partial charge is 0.297 e. The van der Waals surface area contributed by atoms with Crippen molar-refractivity contribution in [3.8, 4) is 0 Å². The van der Waals surface area contributed by atoms with Crippen molar-refractivity contribution in [2.75, 3.05) is 18.9 Å². The number of piperidine rings is 2. The molecule has 111 heavy (non-hydrogen) atoms. The molecule has 2 fully saturated rings. The molecular weight excluding hydrogens is 1540 g/mol. The fraction of sp³-hybridized carbons (Fsp3) is 0.303. The molecule has 22 heteroatoms. The summed E-state index contributed by atoms with van der Waals surface area (Å²) in [6, 6.07) is 32.1. The Bertz CT molecular complexity index is 3590. The highest BCUT2D eigenvalue weighted by Gasteiger charge is 2.20. The van der Waals surface area contributed by atoms with E-state index in [1.54, 1.807) is 153 Å². The SMILES string of the molecule is C=C.C=C.C=CC.C=CC.C=CC.C=CC.C=Cc1cnccc1CO.C=Cc1cnccc1COS(=O)(=O)c1ccc(C)cc1.CBr.CC1CC(OCc2ccncc2)CCN1.CC1CC(OCc2ccncc2)CCN1.CCc1ccncc1.OCc1ccncc1.OCc1ccncc1.OCc1ccncc1Br. The van der Waals surface area contributed by atoms with Crippen LogP contribution in [0.3, 0.4) is 0 Å². The third kappa shape index (κ3) is 58.5. The van der Waals surface area contributed by atoms with E-state index in [2.05, 4.69) is 169 Å². The van der Waals surface area contributed by atoms with E-state index in [0.29, 0.717) is 37.5 Å². The Labute approximate surface area is 682 Å². The first-order valence-electron chi connectivity index (χ1n) is 35.8. The van der Waals surface area contributed by atoms with Gasteiger partial charge in [-0.2, -0.15) is 8.42 Å². The summed E-state index contributed by atoms with van der Waals surface area (Å²) in [5.74, 6) is 1.81. The van der Waals surface area contributed by atoms with Gasteiger partial charge in [0.25, 0.3) is 10.1 Å². The van der Waals surface area contributed by atoms with Gasteiger partial charge >= 0.3 is 0 Å². The second-order valence-corrected chi connectivity index (χ2v) is 25.0. The highest BCUT2D eigenvalue weighted by Crippen LogP contribution is 2.19. The number of pyridine rings is 8. The van der Waals surface area contributed by atoms with Crippen molar-refractivity contribution in [2.24, 2.45) is 0 Å². The van der Waals surface area contributed by atoms with Crippen LogP contribution in [0.25, 0.3) is 12.2 Å². The topological polar surface area (TPSA) is 270 Å². The van der Waals surface area contributed by atoms with E-state index in [4.69, 9.17) is 34.1 Å². The Hall–Kier alpha value is -9.11. The zero-order valence-electron chi connectivity index (χ0n) is 66.9. The molecule has 2 aliphatic heterocycles. The first-order chi connectivity index (χ1) is 53.9. The Balaban J connectivity index is -0.000000581. The van der Waals surface area contributed by atoms with Gasteiger partial charge in [0.15, 0.2) is 0 Å². The number of hydrogen-bond acceptors (Lipinski definition) is 19. The number of halogens is 2. The molecule has 0 spiro atoms. The van der Waals surface area contributed by atoms with Crippen molar-refractivity contribution in [3.63, 3.8) is 0 Å². The molecule has 19 nitrogen and oxygen atoms in total. The maximum Gasteiger partial charge on any atom is 0.297 e. The number of nitrogens with one attached hydrogen (secondary N) is 2. The van der Waals surface area contributed by atoms with E-state index >= 15 is 0 Å². The maximum absolute atomic E-state index is 12.1. The Kier molecular flexibility index (Phi) is 75.7. The molecule has 1 aromatic carbocycles. The predicted molar refractivity (Wildman–Crippen MR) is 469 cm³/mol. The van der Waals surface area contributed by atoms with Gasteiger partial charge in [-0.1, -0.05) is 90.2 Å². The molecule has 0 amide bonds. The number of aryl methyl sites for hydroxylation is 2. The first kappa shape index (κ1) is 108. The van der Waals surface area contributed by atoms with Crippen molar-refractivity contribution < 1.29 is 42.5 Å². The van der Waals surface area contributed by atoms with Crippen LogP contribution in [-0.4, -0.2) is 112 Å². The Morgan fingerprint density at radius 3 is 1.03 bits per heavy atom. The second-order valence-electron chi connectivity index (χ2n) is 22.6. The predicted octanol–water partition coefficient (Wildman–Crippen LogP) is 19.1. The molecule has 9 aromatic rings. The van der Waals surface area contributed by atoms with Crippen LogP contribution < -0.4 is 10.6 Å². The van der Waals surface area contributed by atoms with Crippen molar-refractivity contribution in [1.29, 1.82) is 0 Å². The van der Waals surface area contributed by atoms with Crippen molar-refractivity contribution in [1.82, 2.24) is 50.5 Å².